The largest absolute Gasteiger partial charge is 0.368 e. The highest BCUT2D eigenvalue weighted by molar-refractivity contribution is 7.80. The maximum atomic E-state index is 4.13. The van der Waals surface area contributed by atoms with Crippen LogP contribution in [0.4, 0.5) is 5.82 Å². The minimum Gasteiger partial charge on any atom is -0.368 e. The summed E-state index contributed by atoms with van der Waals surface area (Å²) in [5.41, 5.74) is 1.05. The molecule has 0 fully saturated rings. The van der Waals surface area contributed by atoms with Gasteiger partial charge in [-0.2, -0.15) is 17.7 Å². The SMILES string of the molecule is CC(C)Cc1ccc(NCCS)nn1. The number of aromatic nitrogens is 2. The van der Waals surface area contributed by atoms with E-state index in [1.807, 2.05) is 12.1 Å². The molecule has 0 aromatic carbocycles. The molecule has 0 saturated carbocycles. The minimum absolute atomic E-state index is 0.626. The van der Waals surface area contributed by atoms with Crippen molar-refractivity contribution >= 4 is 18.4 Å². The van der Waals surface area contributed by atoms with E-state index in [1.165, 1.54) is 0 Å². The van der Waals surface area contributed by atoms with Gasteiger partial charge < -0.3 is 5.32 Å². The Morgan fingerprint density at radius 1 is 1.36 bits per heavy atom. The van der Waals surface area contributed by atoms with E-state index in [4.69, 9.17) is 0 Å². The van der Waals surface area contributed by atoms with Crippen molar-refractivity contribution in [1.82, 2.24) is 10.2 Å². The van der Waals surface area contributed by atoms with Crippen LogP contribution in [0.5, 0.6) is 0 Å². The molecule has 4 heteroatoms. The lowest BCUT2D eigenvalue weighted by Gasteiger charge is -2.05. The summed E-state index contributed by atoms with van der Waals surface area (Å²) in [4.78, 5) is 0. The monoisotopic (exact) mass is 211 g/mol. The van der Waals surface area contributed by atoms with E-state index in [2.05, 4.69) is 42.0 Å². The number of rotatable bonds is 5. The number of nitrogens with zero attached hydrogens (tertiary/aromatic N) is 2. The average Bonchev–Trinajstić information content (AvgIpc) is 2.16. The minimum atomic E-state index is 0.626. The molecule has 0 aliphatic heterocycles. The van der Waals surface area contributed by atoms with E-state index < -0.39 is 0 Å². The van der Waals surface area contributed by atoms with E-state index >= 15 is 0 Å². The third-order valence-corrected chi connectivity index (χ3v) is 1.98. The standard InChI is InChI=1S/C10H17N3S/c1-8(2)7-9-3-4-10(13-12-9)11-5-6-14/h3-4,8,14H,5-7H2,1-2H3,(H,11,13). The number of anilines is 1. The molecular formula is C10H17N3S. The Bertz CT molecular complexity index is 259. The maximum Gasteiger partial charge on any atom is 0.148 e. The molecule has 1 aromatic rings. The zero-order valence-electron chi connectivity index (χ0n) is 8.70. The highest BCUT2D eigenvalue weighted by Crippen LogP contribution is 2.06. The van der Waals surface area contributed by atoms with Crippen LogP contribution in [-0.2, 0) is 6.42 Å². The zero-order chi connectivity index (χ0) is 10.4. The molecule has 0 aliphatic carbocycles. The van der Waals surface area contributed by atoms with Crippen molar-refractivity contribution in [3.05, 3.63) is 17.8 Å². The van der Waals surface area contributed by atoms with E-state index in [-0.39, 0.29) is 0 Å². The van der Waals surface area contributed by atoms with Gasteiger partial charge in [0, 0.05) is 12.3 Å². The Morgan fingerprint density at radius 3 is 2.64 bits per heavy atom. The van der Waals surface area contributed by atoms with Gasteiger partial charge in [0.2, 0.25) is 0 Å². The van der Waals surface area contributed by atoms with E-state index in [1.54, 1.807) is 0 Å². The average molecular weight is 211 g/mol. The lowest BCUT2D eigenvalue weighted by Crippen LogP contribution is -2.06. The van der Waals surface area contributed by atoms with Crippen molar-refractivity contribution in [2.75, 3.05) is 17.6 Å². The molecule has 14 heavy (non-hydrogen) atoms. The molecule has 0 amide bonds. The first-order valence-electron chi connectivity index (χ1n) is 4.89. The molecule has 1 heterocycles. The van der Waals surface area contributed by atoms with Gasteiger partial charge in [-0.25, -0.2) is 0 Å². The Morgan fingerprint density at radius 2 is 2.14 bits per heavy atom. The molecular weight excluding hydrogens is 194 g/mol. The molecule has 0 saturated heterocycles. The van der Waals surface area contributed by atoms with Crippen LogP contribution < -0.4 is 5.32 Å². The first-order chi connectivity index (χ1) is 6.72. The third kappa shape index (κ3) is 3.96. The van der Waals surface area contributed by atoms with Crippen LogP contribution in [0.2, 0.25) is 0 Å². The van der Waals surface area contributed by atoms with Gasteiger partial charge in [-0.15, -0.1) is 5.10 Å². The van der Waals surface area contributed by atoms with Crippen molar-refractivity contribution in [1.29, 1.82) is 0 Å². The zero-order valence-corrected chi connectivity index (χ0v) is 9.59. The summed E-state index contributed by atoms with van der Waals surface area (Å²) >= 11 is 4.11. The van der Waals surface area contributed by atoms with Crippen LogP contribution in [0.25, 0.3) is 0 Å². The van der Waals surface area contributed by atoms with Crippen LogP contribution in [-0.4, -0.2) is 22.5 Å². The fraction of sp³-hybridized carbons (Fsp3) is 0.600. The summed E-state index contributed by atoms with van der Waals surface area (Å²) in [7, 11) is 0. The van der Waals surface area contributed by atoms with Crippen molar-refractivity contribution < 1.29 is 0 Å². The maximum absolute atomic E-state index is 4.13. The molecule has 0 aliphatic rings. The van der Waals surface area contributed by atoms with Crippen LogP contribution in [0.15, 0.2) is 12.1 Å². The van der Waals surface area contributed by atoms with Crippen molar-refractivity contribution in [3.63, 3.8) is 0 Å². The molecule has 0 radical (unpaired) electrons. The Kier molecular flexibility index (Phi) is 4.73. The van der Waals surface area contributed by atoms with Gasteiger partial charge >= 0.3 is 0 Å². The summed E-state index contributed by atoms with van der Waals surface area (Å²) in [6.45, 7) is 5.17. The van der Waals surface area contributed by atoms with Gasteiger partial charge in [0.15, 0.2) is 0 Å². The van der Waals surface area contributed by atoms with Crippen molar-refractivity contribution in [3.8, 4) is 0 Å². The van der Waals surface area contributed by atoms with E-state index in [0.29, 0.717) is 5.92 Å². The molecule has 0 unspecified atom stereocenters. The summed E-state index contributed by atoms with van der Waals surface area (Å²) in [5.74, 6) is 2.25. The molecule has 1 aromatic heterocycles. The third-order valence-electron chi connectivity index (χ3n) is 1.76. The number of hydrogen-bond acceptors (Lipinski definition) is 4. The van der Waals surface area contributed by atoms with Gasteiger partial charge in [0.05, 0.1) is 5.69 Å². The molecule has 1 N–H and O–H groups in total. The Hall–Kier alpha value is -0.770. The van der Waals surface area contributed by atoms with Crippen molar-refractivity contribution in [2.24, 2.45) is 5.92 Å². The predicted octanol–water partition coefficient (Wildman–Crippen LogP) is 2.02. The normalized spacial score (nSPS) is 10.6. The summed E-state index contributed by atoms with van der Waals surface area (Å²) in [6, 6.07) is 3.99. The van der Waals surface area contributed by atoms with Gasteiger partial charge in [0.1, 0.15) is 5.82 Å². The van der Waals surface area contributed by atoms with Gasteiger partial charge in [-0.3, -0.25) is 0 Å². The summed E-state index contributed by atoms with van der Waals surface area (Å²) < 4.78 is 0. The van der Waals surface area contributed by atoms with Gasteiger partial charge in [-0.05, 0) is 24.5 Å². The van der Waals surface area contributed by atoms with Gasteiger partial charge in [0.25, 0.3) is 0 Å². The summed E-state index contributed by atoms with van der Waals surface area (Å²) in [5, 5.41) is 11.3. The van der Waals surface area contributed by atoms with E-state index in [9.17, 15) is 0 Å². The second-order valence-electron chi connectivity index (χ2n) is 3.66. The molecule has 0 bridgehead atoms. The van der Waals surface area contributed by atoms with E-state index in [0.717, 1.165) is 30.2 Å². The first kappa shape index (κ1) is 11.3. The van der Waals surface area contributed by atoms with Crippen LogP contribution in [0, 0.1) is 5.92 Å². The number of hydrogen-bond donors (Lipinski definition) is 2. The second-order valence-corrected chi connectivity index (χ2v) is 4.11. The molecule has 1 rings (SSSR count). The molecule has 0 spiro atoms. The highest BCUT2D eigenvalue weighted by atomic mass is 32.1. The molecule has 3 nitrogen and oxygen atoms in total. The topological polar surface area (TPSA) is 37.8 Å². The van der Waals surface area contributed by atoms with Crippen molar-refractivity contribution in [2.45, 2.75) is 20.3 Å². The highest BCUT2D eigenvalue weighted by Gasteiger charge is 2.00. The molecule has 78 valence electrons. The Balaban J connectivity index is 2.50. The Labute approximate surface area is 90.7 Å². The lowest BCUT2D eigenvalue weighted by molar-refractivity contribution is 0.628. The number of thiol groups is 1. The summed E-state index contributed by atoms with van der Waals surface area (Å²) in [6.07, 6.45) is 0.986. The smallest absolute Gasteiger partial charge is 0.148 e. The first-order valence-corrected chi connectivity index (χ1v) is 5.53. The van der Waals surface area contributed by atoms with Crippen LogP contribution in [0.1, 0.15) is 19.5 Å². The van der Waals surface area contributed by atoms with Crippen LogP contribution in [0.3, 0.4) is 0 Å². The quantitative estimate of drug-likeness (QED) is 0.732. The van der Waals surface area contributed by atoms with Crippen LogP contribution >= 0.6 is 12.6 Å². The predicted molar refractivity (Wildman–Crippen MR) is 62.9 cm³/mol. The second kappa shape index (κ2) is 5.86. The fourth-order valence-corrected chi connectivity index (χ4v) is 1.28. The lowest BCUT2D eigenvalue weighted by atomic mass is 10.1. The fourth-order valence-electron chi connectivity index (χ4n) is 1.17. The molecule has 0 atom stereocenters. The van der Waals surface area contributed by atoms with Gasteiger partial charge in [-0.1, -0.05) is 13.8 Å². The number of nitrogens with one attached hydrogen (secondary N) is 1.